The van der Waals surface area contributed by atoms with Crippen LogP contribution in [-0.2, 0) is 18.8 Å². The summed E-state index contributed by atoms with van der Waals surface area (Å²) in [5, 5.41) is 16.9. The number of aliphatic hydroxyl groups is 1. The van der Waals surface area contributed by atoms with E-state index in [-0.39, 0.29) is 12.7 Å². The minimum Gasteiger partial charge on any atom is -0.479 e. The highest BCUT2D eigenvalue weighted by atomic mass is 32.2. The molecule has 0 radical (unpaired) electrons. The summed E-state index contributed by atoms with van der Waals surface area (Å²) in [5.74, 6) is -0.309. The molecule has 0 aliphatic heterocycles. The Labute approximate surface area is 227 Å². The van der Waals surface area contributed by atoms with E-state index < -0.39 is 26.4 Å². The van der Waals surface area contributed by atoms with Gasteiger partial charge in [0.25, 0.3) is 0 Å². The molecular weight excluding hydrogens is 495 g/mol. The Balaban J connectivity index is 4.14. The highest BCUT2D eigenvalue weighted by Crippen LogP contribution is 2.25. The number of unbranched alkanes of at least 4 members (excludes halogenated alkanes) is 13. The number of hydrogen-bond donors (Lipinski definition) is 2. The maximum atomic E-state index is 11.0. The Morgan fingerprint density at radius 2 is 1.36 bits per heavy atom. The predicted molar refractivity (Wildman–Crippen MR) is 155 cm³/mol. The SMILES string of the molecule is CCCCCCCCCCCCSC(CCCCCCC)C(C)OCCCOCC(O)([PH2]=O)C(=O)O. The molecule has 4 unspecified atom stereocenters. The molecule has 36 heavy (non-hydrogen) atoms. The number of thioether (sulfide) groups is 1. The van der Waals surface area contributed by atoms with Gasteiger partial charge >= 0.3 is 5.97 Å². The van der Waals surface area contributed by atoms with Crippen LogP contribution in [0.3, 0.4) is 0 Å². The number of carboxylic acid groups (broad SMARTS) is 1. The second-order valence-electron chi connectivity index (χ2n) is 10.1. The zero-order chi connectivity index (χ0) is 26.9. The van der Waals surface area contributed by atoms with Crippen molar-refractivity contribution in [3.05, 3.63) is 0 Å². The van der Waals surface area contributed by atoms with E-state index in [1.54, 1.807) is 0 Å². The standard InChI is InChI=1S/C28H57O6PS/c1-4-6-8-10-11-12-13-14-16-18-23-36-26(20-17-15-9-7-5-2)25(3)34-22-19-21-33-24-28(31,35-32)27(29)30/h25-26,31H,4-24,35H2,1-3H3,(H,29,30). The maximum absolute atomic E-state index is 11.0. The fraction of sp³-hybridized carbons (Fsp3) is 0.964. The third-order valence-electron chi connectivity index (χ3n) is 6.65. The fourth-order valence-electron chi connectivity index (χ4n) is 4.14. The highest BCUT2D eigenvalue weighted by molar-refractivity contribution is 7.99. The lowest BCUT2D eigenvalue weighted by Crippen LogP contribution is -2.37. The van der Waals surface area contributed by atoms with Crippen molar-refractivity contribution in [2.24, 2.45) is 0 Å². The van der Waals surface area contributed by atoms with Crippen molar-refractivity contribution in [1.29, 1.82) is 0 Å². The van der Waals surface area contributed by atoms with E-state index in [9.17, 15) is 14.5 Å². The van der Waals surface area contributed by atoms with E-state index in [1.165, 1.54) is 108 Å². The van der Waals surface area contributed by atoms with Gasteiger partial charge in [0.1, 0.15) is 8.46 Å². The Morgan fingerprint density at radius 1 is 0.833 bits per heavy atom. The number of carboxylic acids is 1. The van der Waals surface area contributed by atoms with Crippen LogP contribution < -0.4 is 0 Å². The van der Waals surface area contributed by atoms with Gasteiger partial charge in [-0.1, -0.05) is 104 Å². The fourth-order valence-corrected chi connectivity index (χ4v) is 5.78. The van der Waals surface area contributed by atoms with Crippen LogP contribution in [0.4, 0.5) is 0 Å². The predicted octanol–water partition coefficient (Wildman–Crippen LogP) is 7.71. The summed E-state index contributed by atoms with van der Waals surface area (Å²) >= 11 is 2.06. The molecule has 0 fully saturated rings. The Hall–Kier alpha value is -0.0700. The summed E-state index contributed by atoms with van der Waals surface area (Å²) in [6.45, 7) is 7.02. The molecule has 0 rings (SSSR count). The third kappa shape index (κ3) is 20.0. The average molecular weight is 553 g/mol. The van der Waals surface area contributed by atoms with E-state index in [0.29, 0.717) is 18.3 Å². The molecule has 0 saturated carbocycles. The quantitative estimate of drug-likeness (QED) is 0.0758. The Kier molecular flexibility index (Phi) is 25.2. The topological polar surface area (TPSA) is 93.1 Å². The van der Waals surface area contributed by atoms with Crippen molar-refractivity contribution in [1.82, 2.24) is 0 Å². The molecule has 0 bridgehead atoms. The average Bonchev–Trinajstić information content (AvgIpc) is 2.87. The van der Waals surface area contributed by atoms with Gasteiger partial charge in [-0.15, -0.1) is 0 Å². The summed E-state index contributed by atoms with van der Waals surface area (Å²) in [7, 11) is -1.87. The lowest BCUT2D eigenvalue weighted by molar-refractivity contribution is -0.154. The molecule has 216 valence electrons. The minimum absolute atomic E-state index is 0.159. The summed E-state index contributed by atoms with van der Waals surface area (Å²) in [6.07, 6.45) is 22.0. The largest absolute Gasteiger partial charge is 0.479 e. The summed E-state index contributed by atoms with van der Waals surface area (Å²) in [6, 6.07) is 0. The van der Waals surface area contributed by atoms with Gasteiger partial charge in [0, 0.05) is 18.5 Å². The molecule has 0 heterocycles. The van der Waals surface area contributed by atoms with Crippen molar-refractivity contribution in [3.8, 4) is 0 Å². The van der Waals surface area contributed by atoms with Gasteiger partial charge in [0.15, 0.2) is 0 Å². The number of aliphatic carboxylic acids is 1. The van der Waals surface area contributed by atoms with Gasteiger partial charge < -0.3 is 24.3 Å². The van der Waals surface area contributed by atoms with Crippen LogP contribution in [0, 0.1) is 0 Å². The van der Waals surface area contributed by atoms with Crippen LogP contribution in [-0.4, -0.2) is 58.5 Å². The summed E-state index contributed by atoms with van der Waals surface area (Å²) in [4.78, 5) is 11.0. The number of rotatable bonds is 28. The smallest absolute Gasteiger partial charge is 0.345 e. The highest BCUT2D eigenvalue weighted by Gasteiger charge is 2.35. The molecule has 0 amide bonds. The number of hydrogen-bond acceptors (Lipinski definition) is 6. The first-order valence-corrected chi connectivity index (χ1v) is 16.7. The Morgan fingerprint density at radius 3 is 1.89 bits per heavy atom. The van der Waals surface area contributed by atoms with Gasteiger partial charge in [-0.05, 0) is 31.9 Å². The molecule has 0 spiro atoms. The molecule has 0 aliphatic carbocycles. The van der Waals surface area contributed by atoms with Gasteiger partial charge in [-0.25, -0.2) is 4.79 Å². The van der Waals surface area contributed by atoms with E-state index in [2.05, 4.69) is 32.5 Å². The van der Waals surface area contributed by atoms with Crippen molar-refractivity contribution >= 4 is 26.2 Å². The number of ether oxygens (including phenoxy) is 2. The molecule has 4 atom stereocenters. The molecule has 0 aliphatic rings. The van der Waals surface area contributed by atoms with Gasteiger partial charge in [-0.2, -0.15) is 11.8 Å². The first-order chi connectivity index (χ1) is 17.4. The second kappa shape index (κ2) is 25.2. The molecule has 0 aromatic rings. The monoisotopic (exact) mass is 552 g/mol. The summed E-state index contributed by atoms with van der Waals surface area (Å²) < 4.78 is 22.3. The molecule has 0 aromatic carbocycles. The normalized spacial score (nSPS) is 15.3. The zero-order valence-electron chi connectivity index (χ0n) is 23.5. The zero-order valence-corrected chi connectivity index (χ0v) is 25.5. The number of carbonyl (C=O) groups is 1. The third-order valence-corrected chi connectivity index (χ3v) is 9.02. The van der Waals surface area contributed by atoms with Crippen molar-refractivity contribution in [3.63, 3.8) is 0 Å². The lowest BCUT2D eigenvalue weighted by Gasteiger charge is -2.24. The molecule has 6 nitrogen and oxygen atoms in total. The van der Waals surface area contributed by atoms with E-state index in [0.717, 1.165) is 0 Å². The van der Waals surface area contributed by atoms with Crippen molar-refractivity contribution in [2.75, 3.05) is 25.6 Å². The first-order valence-electron chi connectivity index (χ1n) is 14.6. The molecule has 2 N–H and O–H groups in total. The summed E-state index contributed by atoms with van der Waals surface area (Å²) in [5.41, 5.74) is 0. The molecule has 0 saturated heterocycles. The van der Waals surface area contributed by atoms with Gasteiger partial charge in [-0.3, -0.25) is 0 Å². The van der Waals surface area contributed by atoms with E-state index in [4.69, 9.17) is 14.6 Å². The van der Waals surface area contributed by atoms with Crippen LogP contribution in [0.15, 0.2) is 0 Å². The van der Waals surface area contributed by atoms with Crippen LogP contribution in [0.25, 0.3) is 0 Å². The van der Waals surface area contributed by atoms with Crippen LogP contribution >= 0.6 is 20.2 Å². The van der Waals surface area contributed by atoms with Gasteiger partial charge in [0.2, 0.25) is 5.34 Å². The van der Waals surface area contributed by atoms with Crippen LogP contribution in [0.5, 0.6) is 0 Å². The lowest BCUT2D eigenvalue weighted by atomic mass is 10.1. The van der Waals surface area contributed by atoms with Gasteiger partial charge in [0.05, 0.1) is 12.7 Å². The first kappa shape index (κ1) is 35.9. The molecule has 0 aromatic heterocycles. The van der Waals surface area contributed by atoms with Crippen LogP contribution in [0.1, 0.15) is 130 Å². The Bertz CT molecular complexity index is 524. The van der Waals surface area contributed by atoms with E-state index >= 15 is 0 Å². The van der Waals surface area contributed by atoms with Crippen molar-refractivity contribution in [2.45, 2.75) is 147 Å². The maximum Gasteiger partial charge on any atom is 0.345 e. The second-order valence-corrected chi connectivity index (χ2v) is 12.7. The van der Waals surface area contributed by atoms with Crippen LogP contribution in [0.2, 0.25) is 0 Å². The molecular formula is C28H57O6PS. The molecule has 8 heteroatoms. The van der Waals surface area contributed by atoms with Crippen molar-refractivity contribution < 1.29 is 29.0 Å². The van der Waals surface area contributed by atoms with E-state index in [1.807, 2.05) is 0 Å². The minimum atomic E-state index is -2.26.